The molecule has 0 spiro atoms. The minimum atomic E-state index is -1.07. The molecule has 1 fully saturated rings. The summed E-state index contributed by atoms with van der Waals surface area (Å²) in [4.78, 5) is 0. The van der Waals surface area contributed by atoms with Crippen molar-refractivity contribution in [1.82, 2.24) is 0 Å². The Morgan fingerprint density at radius 2 is 1.36 bits per heavy atom. The Kier molecular flexibility index (Phi) is 6.81. The van der Waals surface area contributed by atoms with Crippen LogP contribution in [0.15, 0.2) is 61.2 Å². The van der Waals surface area contributed by atoms with Crippen LogP contribution >= 0.6 is 0 Å². The monoisotopic (exact) mass is 458 g/mol. The lowest BCUT2D eigenvalue weighted by Gasteiger charge is -2.28. The van der Waals surface area contributed by atoms with Crippen molar-refractivity contribution in [1.29, 1.82) is 0 Å². The van der Waals surface area contributed by atoms with Gasteiger partial charge in [0.25, 0.3) is 0 Å². The summed E-state index contributed by atoms with van der Waals surface area (Å²) in [7, 11) is 0. The lowest BCUT2D eigenvalue weighted by Crippen LogP contribution is -2.30. The molecule has 4 rings (SSSR count). The molecule has 0 radical (unpaired) electrons. The number of hydrogen-bond acceptors (Lipinski definition) is 3. The predicted molar refractivity (Wildman–Crippen MR) is 117 cm³/mol. The SMILES string of the molecule is C=CC1OCC(c2ccc(-c3ccc(-c4ccc(OCC)c(F)c4F)cc3)c(F)c2F)CO1. The van der Waals surface area contributed by atoms with Gasteiger partial charge in [-0.1, -0.05) is 43.0 Å². The molecular weight excluding hydrogens is 436 g/mol. The first-order valence-electron chi connectivity index (χ1n) is 10.5. The molecule has 3 aromatic rings. The van der Waals surface area contributed by atoms with Gasteiger partial charge >= 0.3 is 0 Å². The maximum Gasteiger partial charge on any atom is 0.201 e. The van der Waals surface area contributed by atoms with E-state index in [0.717, 1.165) is 0 Å². The van der Waals surface area contributed by atoms with Gasteiger partial charge in [0.05, 0.1) is 19.8 Å². The second-order valence-electron chi connectivity index (χ2n) is 7.55. The molecule has 0 N–H and O–H groups in total. The topological polar surface area (TPSA) is 27.7 Å². The molecule has 0 aliphatic carbocycles. The first-order valence-corrected chi connectivity index (χ1v) is 10.5. The number of benzene rings is 3. The number of ether oxygens (including phenoxy) is 3. The third kappa shape index (κ3) is 4.51. The van der Waals surface area contributed by atoms with Gasteiger partial charge in [-0.2, -0.15) is 4.39 Å². The largest absolute Gasteiger partial charge is 0.491 e. The normalized spacial score (nSPS) is 18.2. The summed E-state index contributed by atoms with van der Waals surface area (Å²) < 4.78 is 74.3. The molecule has 0 unspecified atom stereocenters. The van der Waals surface area contributed by atoms with E-state index in [2.05, 4.69) is 6.58 Å². The molecular formula is C26H22F4O3. The lowest BCUT2D eigenvalue weighted by molar-refractivity contribution is -0.159. The van der Waals surface area contributed by atoms with E-state index < -0.39 is 35.5 Å². The predicted octanol–water partition coefficient (Wildman–Crippen LogP) is 6.62. The van der Waals surface area contributed by atoms with Crippen LogP contribution in [0.25, 0.3) is 22.3 Å². The highest BCUT2D eigenvalue weighted by Gasteiger charge is 2.26. The van der Waals surface area contributed by atoms with Gasteiger partial charge in [0.1, 0.15) is 0 Å². The second-order valence-corrected chi connectivity index (χ2v) is 7.55. The molecule has 7 heteroatoms. The van der Waals surface area contributed by atoms with Crippen molar-refractivity contribution in [3.05, 3.63) is 90.0 Å². The first kappa shape index (κ1) is 23.0. The smallest absolute Gasteiger partial charge is 0.201 e. The van der Waals surface area contributed by atoms with Crippen molar-refractivity contribution in [3.63, 3.8) is 0 Å². The molecule has 172 valence electrons. The van der Waals surface area contributed by atoms with Gasteiger partial charge in [-0.3, -0.25) is 0 Å². The molecule has 1 saturated heterocycles. The maximum atomic E-state index is 14.9. The van der Waals surface area contributed by atoms with E-state index in [9.17, 15) is 17.6 Å². The molecule has 0 amide bonds. The van der Waals surface area contributed by atoms with Crippen LogP contribution in [0.3, 0.4) is 0 Å². The van der Waals surface area contributed by atoms with Gasteiger partial charge < -0.3 is 14.2 Å². The standard InChI is InChI=1S/C26H22F4O3/c1-3-22-32-13-17(14-33-22)20-10-9-18(23(27)24(20)28)15-5-7-16(8-6-15)19-11-12-21(31-4-2)26(30)25(19)29/h3,5-12,17,22H,1,4,13-14H2,2H3. The fourth-order valence-corrected chi connectivity index (χ4v) is 3.79. The van der Waals surface area contributed by atoms with Crippen LogP contribution in [0, 0.1) is 23.3 Å². The van der Waals surface area contributed by atoms with Crippen molar-refractivity contribution in [2.24, 2.45) is 0 Å². The molecule has 3 aromatic carbocycles. The Labute approximate surface area is 189 Å². The van der Waals surface area contributed by atoms with E-state index in [1.165, 1.54) is 54.6 Å². The van der Waals surface area contributed by atoms with Crippen LogP contribution < -0.4 is 4.74 Å². The zero-order valence-electron chi connectivity index (χ0n) is 17.9. The average molecular weight is 458 g/mol. The van der Waals surface area contributed by atoms with E-state index in [0.29, 0.717) is 11.1 Å². The van der Waals surface area contributed by atoms with Gasteiger partial charge in [-0.15, -0.1) is 0 Å². The van der Waals surface area contributed by atoms with Crippen LogP contribution in [0.2, 0.25) is 0 Å². The highest BCUT2D eigenvalue weighted by Crippen LogP contribution is 2.34. The Bertz CT molecular complexity index is 1150. The molecule has 33 heavy (non-hydrogen) atoms. The summed E-state index contributed by atoms with van der Waals surface area (Å²) in [6.45, 7) is 5.83. The van der Waals surface area contributed by atoms with Crippen molar-refractivity contribution < 1.29 is 31.8 Å². The van der Waals surface area contributed by atoms with Crippen molar-refractivity contribution >= 4 is 0 Å². The van der Waals surface area contributed by atoms with Gasteiger partial charge in [-0.25, -0.2) is 13.2 Å². The number of hydrogen-bond donors (Lipinski definition) is 0. The summed E-state index contributed by atoms with van der Waals surface area (Å²) in [6, 6.07) is 11.9. The summed E-state index contributed by atoms with van der Waals surface area (Å²) in [6.07, 6.45) is 0.939. The number of rotatable bonds is 6. The Balaban J connectivity index is 1.59. The molecule has 3 nitrogen and oxygen atoms in total. The van der Waals surface area contributed by atoms with Crippen molar-refractivity contribution in [2.45, 2.75) is 19.1 Å². The molecule has 0 atom stereocenters. The van der Waals surface area contributed by atoms with Crippen LogP contribution in [-0.4, -0.2) is 26.1 Å². The van der Waals surface area contributed by atoms with E-state index >= 15 is 0 Å². The van der Waals surface area contributed by atoms with Crippen molar-refractivity contribution in [3.8, 4) is 28.0 Å². The molecule has 1 aliphatic heterocycles. The Morgan fingerprint density at radius 1 is 0.818 bits per heavy atom. The third-order valence-corrected chi connectivity index (χ3v) is 5.52. The minimum Gasteiger partial charge on any atom is -0.491 e. The lowest BCUT2D eigenvalue weighted by atomic mass is 9.94. The maximum absolute atomic E-state index is 14.9. The average Bonchev–Trinajstić information content (AvgIpc) is 2.84. The van der Waals surface area contributed by atoms with Crippen LogP contribution in [0.5, 0.6) is 5.75 Å². The minimum absolute atomic E-state index is 0.0413. The second kappa shape index (κ2) is 9.77. The Hall–Kier alpha value is -3.16. The van der Waals surface area contributed by atoms with Gasteiger partial charge in [0, 0.05) is 17.0 Å². The first-order chi connectivity index (χ1) is 15.9. The van der Waals surface area contributed by atoms with E-state index in [4.69, 9.17) is 14.2 Å². The molecule has 0 aromatic heterocycles. The molecule has 1 heterocycles. The van der Waals surface area contributed by atoms with Crippen LogP contribution in [0.1, 0.15) is 18.4 Å². The van der Waals surface area contributed by atoms with E-state index in [-0.39, 0.29) is 42.3 Å². The highest BCUT2D eigenvalue weighted by atomic mass is 19.2. The fraction of sp³-hybridized carbons (Fsp3) is 0.231. The molecule has 0 bridgehead atoms. The molecule has 0 saturated carbocycles. The van der Waals surface area contributed by atoms with Gasteiger partial charge in [-0.05, 0) is 41.8 Å². The summed E-state index contributed by atoms with van der Waals surface area (Å²) >= 11 is 0. The quantitative estimate of drug-likeness (QED) is 0.307. The molecule has 1 aliphatic rings. The fourth-order valence-electron chi connectivity index (χ4n) is 3.79. The van der Waals surface area contributed by atoms with E-state index in [1.54, 1.807) is 6.92 Å². The zero-order valence-corrected chi connectivity index (χ0v) is 17.9. The summed E-state index contributed by atoms with van der Waals surface area (Å²) in [5.41, 5.74) is 1.06. The van der Waals surface area contributed by atoms with Crippen LogP contribution in [0.4, 0.5) is 17.6 Å². The number of halogens is 4. The third-order valence-electron chi connectivity index (χ3n) is 5.52. The summed E-state index contributed by atoms with van der Waals surface area (Å²) in [5, 5.41) is 0. The van der Waals surface area contributed by atoms with Gasteiger partial charge in [0.2, 0.25) is 5.82 Å². The van der Waals surface area contributed by atoms with Crippen LogP contribution in [-0.2, 0) is 9.47 Å². The van der Waals surface area contributed by atoms with E-state index in [1.807, 2.05) is 0 Å². The highest BCUT2D eigenvalue weighted by molar-refractivity contribution is 5.71. The van der Waals surface area contributed by atoms with Crippen molar-refractivity contribution in [2.75, 3.05) is 19.8 Å². The zero-order chi connectivity index (χ0) is 23.5. The Morgan fingerprint density at radius 3 is 1.91 bits per heavy atom. The summed E-state index contributed by atoms with van der Waals surface area (Å²) in [5.74, 6) is -4.68. The van der Waals surface area contributed by atoms with Gasteiger partial charge in [0.15, 0.2) is 29.5 Å².